The van der Waals surface area contributed by atoms with Crippen LogP contribution in [-0.4, -0.2) is 97.7 Å². The first-order chi connectivity index (χ1) is 20.7. The molecular weight excluding hydrogens is 568 g/mol. The Morgan fingerprint density at radius 3 is 2.48 bits per heavy atom. The van der Waals surface area contributed by atoms with Crippen LogP contribution in [0.1, 0.15) is 39.7 Å². The highest BCUT2D eigenvalue weighted by molar-refractivity contribution is 6.04. The van der Waals surface area contributed by atoms with E-state index in [9.17, 15) is 24.9 Å². The first-order valence-electron chi connectivity index (χ1n) is 14.5. The number of carbonyl (C=O) groups excluding carboxylic acids is 2. The van der Waals surface area contributed by atoms with Gasteiger partial charge in [0.1, 0.15) is 23.3 Å². The summed E-state index contributed by atoms with van der Waals surface area (Å²) in [6.45, 7) is 7.59. The maximum Gasteiger partial charge on any atom is 0.405 e. The molecule has 0 aromatic heterocycles. The van der Waals surface area contributed by atoms with Gasteiger partial charge in [-0.3, -0.25) is 9.79 Å². The van der Waals surface area contributed by atoms with Crippen molar-refractivity contribution in [1.82, 2.24) is 4.90 Å². The zero-order valence-corrected chi connectivity index (χ0v) is 26.9. The lowest BCUT2D eigenvalue weighted by Crippen LogP contribution is -2.37. The molecule has 2 amide bonds. The molecule has 1 aliphatic rings. The molecule has 6 N–H and O–H groups in total. The minimum atomic E-state index is -0.991. The number of aliphatic imine (C=N–C) groups is 1. The van der Waals surface area contributed by atoms with E-state index in [0.717, 1.165) is 0 Å². The summed E-state index contributed by atoms with van der Waals surface area (Å²) in [4.78, 5) is 31.2. The smallest absolute Gasteiger partial charge is 0.405 e. The van der Waals surface area contributed by atoms with E-state index in [4.69, 9.17) is 19.9 Å². The van der Waals surface area contributed by atoms with Gasteiger partial charge in [-0.25, -0.2) is 4.79 Å². The molecule has 1 heterocycles. The maximum absolute atomic E-state index is 13.1. The Morgan fingerprint density at radius 2 is 1.89 bits per heavy atom. The zero-order valence-electron chi connectivity index (χ0n) is 26.9. The number of phenols is 2. The number of aliphatic hydroxyl groups excluding tert-OH is 1. The number of nitrogens with zero attached hydrogens (tertiary/aromatic N) is 2. The quantitative estimate of drug-likeness (QED) is 0.138. The number of phenolic OH excluding ortho intramolecular Hbond substituents is 2. The third-order valence-electron chi connectivity index (χ3n) is 7.47. The van der Waals surface area contributed by atoms with Gasteiger partial charge in [0.25, 0.3) is 5.91 Å². The average Bonchev–Trinajstić information content (AvgIpc) is 2.95. The fraction of sp³-hybridized carbons (Fsp3) is 0.531. The molecule has 0 saturated heterocycles. The third kappa shape index (κ3) is 10.2. The summed E-state index contributed by atoms with van der Waals surface area (Å²) in [5.41, 5.74) is 6.82. The number of aromatic hydroxyl groups is 2. The number of carbonyl (C=O) groups is 2. The first-order valence-corrected chi connectivity index (χ1v) is 14.5. The highest BCUT2D eigenvalue weighted by atomic mass is 16.6. The zero-order chi connectivity index (χ0) is 33.1. The average molecular weight is 617 g/mol. The van der Waals surface area contributed by atoms with E-state index in [1.165, 1.54) is 26.4 Å². The lowest BCUT2D eigenvalue weighted by atomic mass is 9.87. The van der Waals surface area contributed by atoms with E-state index in [0.29, 0.717) is 24.1 Å². The molecule has 1 aromatic rings. The molecule has 244 valence electrons. The van der Waals surface area contributed by atoms with Crippen LogP contribution in [0.2, 0.25) is 0 Å². The number of fused-ring (bicyclic) bond motifs is 2. The molecule has 12 nitrogen and oxygen atoms in total. The van der Waals surface area contributed by atoms with E-state index in [1.807, 2.05) is 32.8 Å². The summed E-state index contributed by atoms with van der Waals surface area (Å²) in [6.07, 6.45) is 4.57. The number of methoxy groups -OCH3 is 2. The molecular formula is C32H48N4O8. The van der Waals surface area contributed by atoms with Crippen LogP contribution < -0.4 is 11.1 Å². The van der Waals surface area contributed by atoms with Crippen molar-refractivity contribution in [2.45, 2.75) is 65.0 Å². The topological polar surface area (TPSA) is 176 Å². The Bertz CT molecular complexity index is 1270. The van der Waals surface area contributed by atoms with Gasteiger partial charge in [-0.1, -0.05) is 38.2 Å². The fourth-order valence-electron chi connectivity index (χ4n) is 5.03. The Labute approximate surface area is 259 Å². The summed E-state index contributed by atoms with van der Waals surface area (Å²) in [7, 11) is 6.71. The van der Waals surface area contributed by atoms with Crippen LogP contribution in [0.4, 0.5) is 16.2 Å². The molecule has 2 rings (SSSR count). The number of hydrogen-bond acceptors (Lipinski definition) is 10. The van der Waals surface area contributed by atoms with Crippen molar-refractivity contribution in [2.24, 2.45) is 22.6 Å². The standard InChI is InChI=1S/C32H48N4O8/c1-18-14-22-27(34-12-13-36(5)6)24(37)17-23(29(22)39)35-31(40)19(2)10-9-11-25(42-7)30(44-32(33)41)21(4)16-20(3)28(38)26(15-18)43-8/h9-12,16-18,20,25-26,28,30,37-39H,13-15H2,1-8H3,(H2,33,41)(H,35,40)/t18-,20+,25?,26+,28-,30+/m1/s1. The summed E-state index contributed by atoms with van der Waals surface area (Å²) in [5.74, 6) is -1.53. The van der Waals surface area contributed by atoms with Crippen LogP contribution in [0.5, 0.6) is 11.5 Å². The highest BCUT2D eigenvalue weighted by Gasteiger charge is 2.30. The van der Waals surface area contributed by atoms with Crippen molar-refractivity contribution in [3.63, 3.8) is 0 Å². The monoisotopic (exact) mass is 616 g/mol. The van der Waals surface area contributed by atoms with E-state index >= 15 is 0 Å². The van der Waals surface area contributed by atoms with E-state index in [1.54, 1.807) is 38.3 Å². The van der Waals surface area contributed by atoms with Crippen molar-refractivity contribution in [3.8, 4) is 11.5 Å². The lowest BCUT2D eigenvalue weighted by molar-refractivity contribution is -0.112. The molecule has 1 unspecified atom stereocenters. The number of nitrogens with two attached hydrogens (primary N) is 1. The number of amides is 2. The summed E-state index contributed by atoms with van der Waals surface area (Å²) in [5, 5.41) is 36.2. The van der Waals surface area contributed by atoms with Crippen LogP contribution in [-0.2, 0) is 25.4 Å². The molecule has 6 atom stereocenters. The predicted octanol–water partition coefficient (Wildman–Crippen LogP) is 3.82. The van der Waals surface area contributed by atoms with Gasteiger partial charge in [-0.15, -0.1) is 0 Å². The molecule has 12 heteroatoms. The minimum Gasteiger partial charge on any atom is -0.506 e. The molecule has 44 heavy (non-hydrogen) atoms. The van der Waals surface area contributed by atoms with Crippen LogP contribution in [0.25, 0.3) is 0 Å². The maximum atomic E-state index is 13.1. The first kappa shape index (κ1) is 36.5. The Kier molecular flexibility index (Phi) is 14.1. The third-order valence-corrected chi connectivity index (χ3v) is 7.47. The Morgan fingerprint density at radius 1 is 1.20 bits per heavy atom. The summed E-state index contributed by atoms with van der Waals surface area (Å²) in [6, 6.07) is 1.26. The number of aliphatic hydroxyl groups is 1. The van der Waals surface area contributed by atoms with Gasteiger partial charge in [0.2, 0.25) is 0 Å². The van der Waals surface area contributed by atoms with Crippen molar-refractivity contribution < 1.29 is 39.1 Å². The second-order valence-corrected chi connectivity index (χ2v) is 11.5. The molecule has 0 aliphatic carbocycles. The minimum absolute atomic E-state index is 0.0253. The van der Waals surface area contributed by atoms with Gasteiger partial charge >= 0.3 is 6.09 Å². The number of anilines is 1. The molecule has 2 bridgehead atoms. The molecule has 0 fully saturated rings. The van der Waals surface area contributed by atoms with E-state index in [2.05, 4.69) is 10.3 Å². The van der Waals surface area contributed by atoms with E-state index in [-0.39, 0.29) is 40.8 Å². The number of benzene rings is 1. The molecule has 0 saturated carbocycles. The van der Waals surface area contributed by atoms with Gasteiger partial charge in [0.15, 0.2) is 6.10 Å². The van der Waals surface area contributed by atoms with Crippen molar-refractivity contribution in [1.29, 1.82) is 0 Å². The van der Waals surface area contributed by atoms with Crippen LogP contribution >= 0.6 is 0 Å². The number of ether oxygens (including phenoxy) is 3. The Hall–Kier alpha value is -3.71. The van der Waals surface area contributed by atoms with Gasteiger partial charge in [0, 0.05) is 50.1 Å². The van der Waals surface area contributed by atoms with Crippen LogP contribution in [0.3, 0.4) is 0 Å². The second-order valence-electron chi connectivity index (χ2n) is 11.5. The predicted molar refractivity (Wildman–Crippen MR) is 170 cm³/mol. The van der Waals surface area contributed by atoms with Gasteiger partial charge in [-0.05, 0) is 52.3 Å². The number of primary amides is 1. The van der Waals surface area contributed by atoms with Crippen molar-refractivity contribution in [3.05, 3.63) is 47.1 Å². The summed E-state index contributed by atoms with van der Waals surface area (Å²) < 4.78 is 16.7. The van der Waals surface area contributed by atoms with Gasteiger partial charge < -0.3 is 45.5 Å². The lowest BCUT2D eigenvalue weighted by Gasteiger charge is -2.29. The van der Waals surface area contributed by atoms with Gasteiger partial charge in [0.05, 0.1) is 17.9 Å². The van der Waals surface area contributed by atoms with Crippen molar-refractivity contribution in [2.75, 3.05) is 40.2 Å². The Balaban J connectivity index is 2.69. The fourth-order valence-corrected chi connectivity index (χ4v) is 5.03. The van der Waals surface area contributed by atoms with Crippen LogP contribution in [0, 0.1) is 11.8 Å². The number of rotatable bonds is 6. The van der Waals surface area contributed by atoms with Gasteiger partial charge in [-0.2, -0.15) is 0 Å². The highest BCUT2D eigenvalue weighted by Crippen LogP contribution is 2.44. The summed E-state index contributed by atoms with van der Waals surface area (Å²) >= 11 is 0. The SMILES string of the molecule is COC1C=CC=C(C)C(=O)Nc2cc(O)c(N=CCN(C)C)c(c2O)C[C@@H](C)C[C@H](OC)[C@H](O)[C@@H](C)C=C(C)[C@@H]1OC(N)=O. The number of allylic oxidation sites excluding steroid dienone is 2. The molecule has 1 aromatic carbocycles. The largest absolute Gasteiger partial charge is 0.506 e. The van der Waals surface area contributed by atoms with E-state index < -0.39 is 42.3 Å². The number of nitrogens with one attached hydrogen (secondary N) is 1. The second kappa shape index (κ2) is 17.0. The van der Waals surface area contributed by atoms with Crippen LogP contribution in [0.15, 0.2) is 46.5 Å². The number of hydrogen-bond donors (Lipinski definition) is 5. The molecule has 0 spiro atoms. The normalized spacial score (nSPS) is 25.9. The molecule has 0 radical (unpaired) electrons. The molecule has 1 aliphatic heterocycles. The van der Waals surface area contributed by atoms with Crippen molar-refractivity contribution >= 4 is 29.6 Å².